The number of hydrogen-bond donors (Lipinski definition) is 1. The van der Waals surface area contributed by atoms with Crippen LogP contribution in [-0.4, -0.2) is 41.4 Å². The van der Waals surface area contributed by atoms with Crippen molar-refractivity contribution in [1.82, 2.24) is 15.4 Å². The molecule has 2 unspecified atom stereocenters. The zero-order valence-corrected chi connectivity index (χ0v) is 13.3. The quantitative estimate of drug-likeness (QED) is 0.924. The molecule has 2 atom stereocenters. The van der Waals surface area contributed by atoms with E-state index < -0.39 is 0 Å². The summed E-state index contributed by atoms with van der Waals surface area (Å²) in [5, 5.41) is 7.05. The Morgan fingerprint density at radius 1 is 1.38 bits per heavy atom. The van der Waals surface area contributed by atoms with E-state index in [9.17, 15) is 4.79 Å². The monoisotopic (exact) mass is 295 g/mol. The number of carbonyl (C=O) groups is 1. The fourth-order valence-corrected chi connectivity index (χ4v) is 2.59. The Balaban J connectivity index is 1.99. The summed E-state index contributed by atoms with van der Waals surface area (Å²) >= 11 is 0. The second-order valence-corrected chi connectivity index (χ2v) is 5.54. The predicted octanol–water partition coefficient (Wildman–Crippen LogP) is 2.12. The van der Waals surface area contributed by atoms with Crippen molar-refractivity contribution in [3.8, 4) is 0 Å². The van der Waals surface area contributed by atoms with E-state index in [4.69, 9.17) is 9.26 Å². The van der Waals surface area contributed by atoms with Crippen molar-refractivity contribution in [2.45, 2.75) is 59.2 Å². The Kier molecular flexibility index (Phi) is 5.22. The van der Waals surface area contributed by atoms with E-state index in [1.54, 1.807) is 0 Å². The van der Waals surface area contributed by atoms with Crippen LogP contribution in [0.15, 0.2) is 4.52 Å². The molecular formula is C15H25N3O3. The van der Waals surface area contributed by atoms with Gasteiger partial charge in [0, 0.05) is 25.1 Å². The summed E-state index contributed by atoms with van der Waals surface area (Å²) in [5.74, 6) is 0.857. The molecule has 0 spiro atoms. The summed E-state index contributed by atoms with van der Waals surface area (Å²) in [6, 6.07) is 0.0444. The van der Waals surface area contributed by atoms with Crippen molar-refractivity contribution in [2.24, 2.45) is 0 Å². The number of aromatic nitrogens is 1. The minimum absolute atomic E-state index is 0.0528. The number of hydrogen-bond acceptors (Lipinski definition) is 4. The Labute approximate surface area is 125 Å². The van der Waals surface area contributed by atoms with Crippen molar-refractivity contribution in [3.63, 3.8) is 0 Å². The molecule has 2 heterocycles. The number of rotatable bonds is 4. The highest BCUT2D eigenvalue weighted by atomic mass is 16.5. The van der Waals surface area contributed by atoms with Crippen LogP contribution in [0.3, 0.4) is 0 Å². The molecule has 2 amide bonds. The zero-order chi connectivity index (χ0) is 15.4. The number of ether oxygens (including phenoxy) is 1. The van der Waals surface area contributed by atoms with Crippen molar-refractivity contribution >= 4 is 6.03 Å². The van der Waals surface area contributed by atoms with Gasteiger partial charge in [-0.1, -0.05) is 19.0 Å². The topological polar surface area (TPSA) is 67.6 Å². The smallest absolute Gasteiger partial charge is 0.318 e. The number of carbonyl (C=O) groups excluding carboxylic acids is 1. The standard InChI is InChI=1S/C15H25N3O3/c1-5-13-12(14(6-2)21-17-13)7-16-15(19)18-8-11(4)20-9-10(18)3/h10-11H,5-9H2,1-4H3,(H,16,19). The Bertz CT molecular complexity index is 465. The van der Waals surface area contributed by atoms with Crippen molar-refractivity contribution in [1.29, 1.82) is 0 Å². The third-order valence-corrected chi connectivity index (χ3v) is 3.89. The third-order valence-electron chi connectivity index (χ3n) is 3.89. The van der Waals surface area contributed by atoms with Crippen molar-refractivity contribution in [3.05, 3.63) is 17.0 Å². The van der Waals surface area contributed by atoms with Crippen LogP contribution in [0, 0.1) is 0 Å². The van der Waals surface area contributed by atoms with E-state index in [2.05, 4.69) is 10.5 Å². The first kappa shape index (κ1) is 15.8. The molecular weight excluding hydrogens is 270 g/mol. The lowest BCUT2D eigenvalue weighted by atomic mass is 10.1. The van der Waals surface area contributed by atoms with Crippen LogP contribution >= 0.6 is 0 Å². The molecule has 1 aromatic rings. The fraction of sp³-hybridized carbons (Fsp3) is 0.733. The summed E-state index contributed by atoms with van der Waals surface area (Å²) in [6.07, 6.45) is 1.67. The van der Waals surface area contributed by atoms with Gasteiger partial charge in [-0.05, 0) is 20.3 Å². The first-order chi connectivity index (χ1) is 10.1. The second kappa shape index (κ2) is 6.93. The highest BCUT2D eigenvalue weighted by Crippen LogP contribution is 2.16. The van der Waals surface area contributed by atoms with Gasteiger partial charge in [-0.25, -0.2) is 4.79 Å². The third kappa shape index (κ3) is 3.56. The van der Waals surface area contributed by atoms with Gasteiger partial charge in [0.15, 0.2) is 0 Å². The van der Waals surface area contributed by atoms with Gasteiger partial charge < -0.3 is 19.5 Å². The Hall–Kier alpha value is -1.56. The van der Waals surface area contributed by atoms with Crippen molar-refractivity contribution in [2.75, 3.05) is 13.2 Å². The minimum atomic E-state index is -0.0528. The highest BCUT2D eigenvalue weighted by molar-refractivity contribution is 5.74. The summed E-state index contributed by atoms with van der Waals surface area (Å²) in [6.45, 7) is 9.72. The van der Waals surface area contributed by atoms with E-state index in [0.717, 1.165) is 29.9 Å². The average Bonchev–Trinajstić information content (AvgIpc) is 2.89. The molecule has 6 heteroatoms. The molecule has 0 aromatic carbocycles. The molecule has 0 radical (unpaired) electrons. The van der Waals surface area contributed by atoms with Gasteiger partial charge in [0.25, 0.3) is 0 Å². The van der Waals surface area contributed by atoms with E-state index in [1.807, 2.05) is 32.6 Å². The average molecular weight is 295 g/mol. The van der Waals surface area contributed by atoms with Gasteiger partial charge in [-0.15, -0.1) is 0 Å². The first-order valence-corrected chi connectivity index (χ1v) is 7.69. The number of nitrogens with zero attached hydrogens (tertiary/aromatic N) is 2. The molecule has 1 aliphatic rings. The molecule has 1 N–H and O–H groups in total. The van der Waals surface area contributed by atoms with Crippen LogP contribution in [-0.2, 0) is 24.1 Å². The van der Waals surface area contributed by atoms with E-state index in [-0.39, 0.29) is 18.2 Å². The maximum atomic E-state index is 12.4. The zero-order valence-electron chi connectivity index (χ0n) is 13.3. The van der Waals surface area contributed by atoms with Gasteiger partial charge in [0.1, 0.15) is 5.76 Å². The fourth-order valence-electron chi connectivity index (χ4n) is 2.59. The van der Waals surface area contributed by atoms with Gasteiger partial charge in [-0.3, -0.25) is 0 Å². The molecule has 2 rings (SSSR count). The van der Waals surface area contributed by atoms with E-state index in [0.29, 0.717) is 19.7 Å². The maximum Gasteiger partial charge on any atom is 0.318 e. The normalized spacial score (nSPS) is 22.4. The van der Waals surface area contributed by atoms with Crippen LogP contribution in [0.5, 0.6) is 0 Å². The maximum absolute atomic E-state index is 12.4. The summed E-state index contributed by atoms with van der Waals surface area (Å²) in [5.41, 5.74) is 1.94. The summed E-state index contributed by atoms with van der Waals surface area (Å²) in [4.78, 5) is 14.2. The Morgan fingerprint density at radius 3 is 2.81 bits per heavy atom. The van der Waals surface area contributed by atoms with Gasteiger partial charge in [0.2, 0.25) is 0 Å². The number of morpholine rings is 1. The number of urea groups is 1. The molecule has 6 nitrogen and oxygen atoms in total. The molecule has 1 aromatic heterocycles. The van der Waals surface area contributed by atoms with Crippen molar-refractivity contribution < 1.29 is 14.1 Å². The van der Waals surface area contributed by atoms with Gasteiger partial charge in [-0.2, -0.15) is 0 Å². The van der Waals surface area contributed by atoms with Crippen LogP contribution in [0.4, 0.5) is 4.79 Å². The molecule has 118 valence electrons. The first-order valence-electron chi connectivity index (χ1n) is 7.69. The minimum Gasteiger partial charge on any atom is -0.375 e. The number of amides is 2. The molecule has 1 fully saturated rings. The molecule has 0 aliphatic carbocycles. The molecule has 1 saturated heterocycles. The van der Waals surface area contributed by atoms with Crippen LogP contribution in [0.1, 0.15) is 44.7 Å². The summed E-state index contributed by atoms with van der Waals surface area (Å²) < 4.78 is 10.9. The molecule has 1 aliphatic heterocycles. The second-order valence-electron chi connectivity index (χ2n) is 5.54. The summed E-state index contributed by atoms with van der Waals surface area (Å²) in [7, 11) is 0. The van der Waals surface area contributed by atoms with Crippen LogP contribution in [0.2, 0.25) is 0 Å². The molecule has 0 saturated carbocycles. The van der Waals surface area contributed by atoms with Gasteiger partial charge >= 0.3 is 6.03 Å². The van der Waals surface area contributed by atoms with E-state index in [1.165, 1.54) is 0 Å². The largest absolute Gasteiger partial charge is 0.375 e. The lowest BCUT2D eigenvalue weighted by molar-refractivity contribution is -0.0318. The molecule has 21 heavy (non-hydrogen) atoms. The SMILES string of the molecule is CCc1noc(CC)c1CNC(=O)N1CC(C)OCC1C. The van der Waals surface area contributed by atoms with E-state index >= 15 is 0 Å². The highest BCUT2D eigenvalue weighted by Gasteiger charge is 2.27. The molecule has 0 bridgehead atoms. The van der Waals surface area contributed by atoms with Crippen LogP contribution in [0.25, 0.3) is 0 Å². The van der Waals surface area contributed by atoms with Crippen LogP contribution < -0.4 is 5.32 Å². The predicted molar refractivity (Wildman–Crippen MR) is 79.1 cm³/mol. The number of nitrogens with one attached hydrogen (secondary N) is 1. The lowest BCUT2D eigenvalue weighted by Crippen LogP contribution is -2.53. The van der Waals surface area contributed by atoms with Gasteiger partial charge in [0.05, 0.1) is 24.4 Å². The lowest BCUT2D eigenvalue weighted by Gasteiger charge is -2.36. The Morgan fingerprint density at radius 2 is 2.14 bits per heavy atom. The number of aryl methyl sites for hydroxylation is 2.